The molecule has 0 fully saturated rings. The van der Waals surface area contributed by atoms with E-state index in [1.165, 1.54) is 27.8 Å². The lowest BCUT2D eigenvalue weighted by Gasteiger charge is -2.16. The zero-order valence-electron chi connectivity index (χ0n) is 23.8. The smallest absolute Gasteiger partial charge is 0.160 e. The molecular weight excluding hydrogens is 536 g/mol. The minimum Gasteiger partial charge on any atom is -0.456 e. The van der Waals surface area contributed by atoms with Gasteiger partial charge in [0.05, 0.1) is 11.4 Å². The van der Waals surface area contributed by atoms with Crippen LogP contribution in [0.3, 0.4) is 0 Å². The molecule has 1 aliphatic carbocycles. The van der Waals surface area contributed by atoms with Gasteiger partial charge in [-0.2, -0.15) is 0 Å². The topological polar surface area (TPSA) is 38.9 Å². The molecule has 3 heteroatoms. The molecule has 0 N–H and O–H groups in total. The standard InChI is InChI=1S/C41H26N2O/c1-3-12-26(13-4-1)36-25-37(43-41(42-36)27-14-5-2-6-15-27)28-16-11-17-29(22-28)40-32-20-8-7-18-30(32)33-24-39-34(23-35(33)40)31-19-9-10-21-38(31)44-39/h1-25,40H. The van der Waals surface area contributed by atoms with E-state index >= 15 is 0 Å². The SMILES string of the molecule is c1ccc(-c2cc(-c3cccc(C4c5ccccc5-c5cc6oc7ccccc7c6cc54)c3)nc(-c3ccccc3)n2)cc1. The lowest BCUT2D eigenvalue weighted by atomic mass is 9.87. The highest BCUT2D eigenvalue weighted by Gasteiger charge is 2.31. The molecule has 0 saturated heterocycles. The van der Waals surface area contributed by atoms with E-state index in [0.29, 0.717) is 0 Å². The number of rotatable bonds is 4. The fourth-order valence-electron chi connectivity index (χ4n) is 6.73. The highest BCUT2D eigenvalue weighted by molar-refractivity contribution is 6.07. The summed E-state index contributed by atoms with van der Waals surface area (Å²) in [6.45, 7) is 0. The molecule has 2 heterocycles. The molecule has 1 unspecified atom stereocenters. The van der Waals surface area contributed by atoms with Gasteiger partial charge in [-0.3, -0.25) is 0 Å². The minimum absolute atomic E-state index is 0.100. The van der Waals surface area contributed by atoms with Gasteiger partial charge in [-0.05, 0) is 58.1 Å². The van der Waals surface area contributed by atoms with Crippen molar-refractivity contribution >= 4 is 21.9 Å². The van der Waals surface area contributed by atoms with E-state index in [1.54, 1.807) is 0 Å². The number of hydrogen-bond donors (Lipinski definition) is 0. The largest absolute Gasteiger partial charge is 0.456 e. The Morgan fingerprint density at radius 2 is 1.11 bits per heavy atom. The lowest BCUT2D eigenvalue weighted by molar-refractivity contribution is 0.669. The van der Waals surface area contributed by atoms with Crippen molar-refractivity contribution in [3.63, 3.8) is 0 Å². The van der Waals surface area contributed by atoms with E-state index < -0.39 is 0 Å². The zero-order chi connectivity index (χ0) is 29.0. The van der Waals surface area contributed by atoms with E-state index in [2.05, 4.69) is 115 Å². The van der Waals surface area contributed by atoms with Crippen LogP contribution in [0.15, 0.2) is 156 Å². The molecule has 1 aliphatic rings. The van der Waals surface area contributed by atoms with E-state index in [4.69, 9.17) is 14.4 Å². The fourth-order valence-corrected chi connectivity index (χ4v) is 6.73. The molecule has 0 saturated carbocycles. The first-order valence-electron chi connectivity index (χ1n) is 14.9. The quantitative estimate of drug-likeness (QED) is 0.214. The average molecular weight is 563 g/mol. The Labute approximate surface area is 255 Å². The van der Waals surface area contributed by atoms with Crippen LogP contribution in [-0.4, -0.2) is 9.97 Å². The van der Waals surface area contributed by atoms with Gasteiger partial charge in [0.2, 0.25) is 0 Å². The molecule has 0 bridgehead atoms. The molecule has 3 nitrogen and oxygen atoms in total. The van der Waals surface area contributed by atoms with Gasteiger partial charge in [0, 0.05) is 33.4 Å². The van der Waals surface area contributed by atoms with Crippen LogP contribution in [0.5, 0.6) is 0 Å². The molecule has 8 aromatic rings. The summed E-state index contributed by atoms with van der Waals surface area (Å²) in [5.41, 5.74) is 13.2. The van der Waals surface area contributed by atoms with Crippen LogP contribution in [-0.2, 0) is 0 Å². The van der Waals surface area contributed by atoms with Crippen molar-refractivity contribution in [1.29, 1.82) is 0 Å². The van der Waals surface area contributed by atoms with Crippen molar-refractivity contribution in [3.8, 4) is 45.0 Å². The second-order valence-corrected chi connectivity index (χ2v) is 11.4. The molecule has 6 aromatic carbocycles. The molecule has 0 aliphatic heterocycles. The summed E-state index contributed by atoms with van der Waals surface area (Å²) in [4.78, 5) is 10.1. The van der Waals surface area contributed by atoms with Crippen LogP contribution in [0.2, 0.25) is 0 Å². The normalized spacial score (nSPS) is 13.7. The molecule has 0 radical (unpaired) electrons. The van der Waals surface area contributed by atoms with E-state index in [1.807, 2.05) is 36.4 Å². The second kappa shape index (κ2) is 9.89. The molecule has 206 valence electrons. The van der Waals surface area contributed by atoms with Crippen LogP contribution >= 0.6 is 0 Å². The Hall–Kier alpha value is -5.80. The highest BCUT2D eigenvalue weighted by atomic mass is 16.3. The number of aromatic nitrogens is 2. The van der Waals surface area contributed by atoms with Crippen molar-refractivity contribution in [2.75, 3.05) is 0 Å². The summed E-state index contributed by atoms with van der Waals surface area (Å²) >= 11 is 0. The van der Waals surface area contributed by atoms with Gasteiger partial charge in [-0.1, -0.05) is 121 Å². The summed E-state index contributed by atoms with van der Waals surface area (Å²) in [5.74, 6) is 0.821. The Morgan fingerprint density at radius 1 is 0.432 bits per heavy atom. The fraction of sp³-hybridized carbons (Fsp3) is 0.0244. The van der Waals surface area contributed by atoms with Crippen molar-refractivity contribution in [2.45, 2.75) is 5.92 Å². The van der Waals surface area contributed by atoms with Gasteiger partial charge in [-0.25, -0.2) is 9.97 Å². The summed E-state index contributed by atoms with van der Waals surface area (Å²) < 4.78 is 6.29. The van der Waals surface area contributed by atoms with Crippen molar-refractivity contribution < 1.29 is 4.42 Å². The maximum Gasteiger partial charge on any atom is 0.160 e. The monoisotopic (exact) mass is 562 g/mol. The van der Waals surface area contributed by atoms with Crippen LogP contribution < -0.4 is 0 Å². The molecule has 0 amide bonds. The maximum absolute atomic E-state index is 6.29. The van der Waals surface area contributed by atoms with E-state index in [-0.39, 0.29) is 5.92 Å². The number of furan rings is 1. The van der Waals surface area contributed by atoms with Gasteiger partial charge >= 0.3 is 0 Å². The Bertz CT molecular complexity index is 2280. The van der Waals surface area contributed by atoms with Crippen LogP contribution in [0.4, 0.5) is 0 Å². The summed E-state index contributed by atoms with van der Waals surface area (Å²) in [6, 6.07) is 53.2. The van der Waals surface area contributed by atoms with Gasteiger partial charge in [0.15, 0.2) is 5.82 Å². The first kappa shape index (κ1) is 24.8. The van der Waals surface area contributed by atoms with Crippen molar-refractivity contribution in [2.24, 2.45) is 0 Å². The number of nitrogens with zero attached hydrogens (tertiary/aromatic N) is 2. The Kier molecular flexibility index (Phi) is 5.57. The molecule has 9 rings (SSSR count). The number of benzene rings is 6. The third-order valence-electron chi connectivity index (χ3n) is 8.77. The van der Waals surface area contributed by atoms with Crippen LogP contribution in [0.1, 0.15) is 22.6 Å². The molecule has 2 aromatic heterocycles. The zero-order valence-corrected chi connectivity index (χ0v) is 23.8. The van der Waals surface area contributed by atoms with Crippen LogP contribution in [0.25, 0.3) is 67.0 Å². The number of fused-ring (bicyclic) bond motifs is 6. The van der Waals surface area contributed by atoms with Gasteiger partial charge in [0.1, 0.15) is 11.2 Å². The average Bonchev–Trinajstić information content (AvgIpc) is 3.62. The van der Waals surface area contributed by atoms with Crippen molar-refractivity contribution in [3.05, 3.63) is 168 Å². The predicted octanol–water partition coefficient (Wildman–Crippen LogP) is 10.5. The Morgan fingerprint density at radius 3 is 1.95 bits per heavy atom. The van der Waals surface area contributed by atoms with Gasteiger partial charge in [-0.15, -0.1) is 0 Å². The summed E-state index contributed by atoms with van der Waals surface area (Å²) in [5, 5.41) is 2.31. The third kappa shape index (κ3) is 3.98. The second-order valence-electron chi connectivity index (χ2n) is 11.4. The van der Waals surface area contributed by atoms with E-state index in [0.717, 1.165) is 55.8 Å². The minimum atomic E-state index is 0.100. The summed E-state index contributed by atoms with van der Waals surface area (Å²) in [6.07, 6.45) is 0. The first-order valence-corrected chi connectivity index (χ1v) is 14.9. The van der Waals surface area contributed by atoms with Crippen LogP contribution in [0, 0.1) is 0 Å². The maximum atomic E-state index is 6.29. The predicted molar refractivity (Wildman–Crippen MR) is 178 cm³/mol. The van der Waals surface area contributed by atoms with Crippen molar-refractivity contribution in [1.82, 2.24) is 9.97 Å². The first-order chi connectivity index (χ1) is 21.8. The molecule has 44 heavy (non-hydrogen) atoms. The Balaban J connectivity index is 1.22. The van der Waals surface area contributed by atoms with E-state index in [9.17, 15) is 0 Å². The highest BCUT2D eigenvalue weighted by Crippen LogP contribution is 2.50. The molecule has 0 spiro atoms. The van der Waals surface area contributed by atoms with Gasteiger partial charge < -0.3 is 4.42 Å². The third-order valence-corrected chi connectivity index (χ3v) is 8.77. The molecule has 1 atom stereocenters. The molecular formula is C41H26N2O. The number of para-hydroxylation sites is 1. The number of hydrogen-bond acceptors (Lipinski definition) is 3. The lowest BCUT2D eigenvalue weighted by Crippen LogP contribution is -2.00. The summed E-state index contributed by atoms with van der Waals surface area (Å²) in [7, 11) is 0. The van der Waals surface area contributed by atoms with Gasteiger partial charge in [0.25, 0.3) is 0 Å².